The van der Waals surface area contributed by atoms with E-state index in [0.29, 0.717) is 11.6 Å². The summed E-state index contributed by atoms with van der Waals surface area (Å²) in [5, 5.41) is 0.799. The van der Waals surface area contributed by atoms with Gasteiger partial charge in [-0.2, -0.15) is 13.2 Å². The summed E-state index contributed by atoms with van der Waals surface area (Å²) in [6.45, 7) is 4.23. The molecule has 4 rings (SSSR count). The summed E-state index contributed by atoms with van der Waals surface area (Å²) in [5.41, 5.74) is 0.762. The van der Waals surface area contributed by atoms with E-state index in [9.17, 15) is 13.2 Å². The number of fused-ring (bicyclic) bond motifs is 1. The Morgan fingerprint density at radius 3 is 2.58 bits per heavy atom. The minimum absolute atomic E-state index is 0.409. The van der Waals surface area contributed by atoms with Gasteiger partial charge in [-0.05, 0) is 50.6 Å². The number of alkyl halides is 3. The second kappa shape index (κ2) is 5.92. The van der Waals surface area contributed by atoms with E-state index in [-0.39, 0.29) is 0 Å². The van der Waals surface area contributed by atoms with Gasteiger partial charge in [-0.3, -0.25) is 9.88 Å². The summed E-state index contributed by atoms with van der Waals surface area (Å²) < 4.78 is 38.7. The molecule has 0 amide bonds. The number of aromatic nitrogens is 1. The molecular weight excluding hydrogens is 315 g/mol. The van der Waals surface area contributed by atoms with Gasteiger partial charge in [0.15, 0.2) is 0 Å². The monoisotopic (exact) mass is 335 g/mol. The molecule has 24 heavy (non-hydrogen) atoms. The number of halogens is 3. The summed E-state index contributed by atoms with van der Waals surface area (Å²) >= 11 is 0. The Hall–Kier alpha value is -1.82. The van der Waals surface area contributed by atoms with Crippen LogP contribution in [-0.4, -0.2) is 42.1 Å². The van der Waals surface area contributed by atoms with Crippen LogP contribution >= 0.6 is 0 Å². The molecule has 2 fully saturated rings. The number of nitrogens with zero attached hydrogens (tertiary/aromatic N) is 3. The maximum absolute atomic E-state index is 12.9. The van der Waals surface area contributed by atoms with Crippen LogP contribution in [0.15, 0.2) is 30.5 Å². The standard InChI is InChI=1S/C18H20F3N3/c19-18(20,21)13-3-4-15-16(11-13)22-7-5-17(15)24-10-6-14(12-24)23-8-1-2-9-23/h3-5,7,11,14H,1-2,6,8-10,12H2. The minimum atomic E-state index is -4.33. The average Bonchev–Trinajstić information content (AvgIpc) is 3.24. The highest BCUT2D eigenvalue weighted by atomic mass is 19.4. The zero-order valence-corrected chi connectivity index (χ0v) is 13.4. The molecule has 128 valence electrons. The molecule has 1 aromatic carbocycles. The van der Waals surface area contributed by atoms with Gasteiger partial charge in [0.2, 0.25) is 0 Å². The van der Waals surface area contributed by atoms with E-state index in [4.69, 9.17) is 0 Å². The average molecular weight is 335 g/mol. The maximum atomic E-state index is 12.9. The van der Waals surface area contributed by atoms with E-state index in [1.165, 1.54) is 25.9 Å². The lowest BCUT2D eigenvalue weighted by molar-refractivity contribution is -0.137. The van der Waals surface area contributed by atoms with E-state index < -0.39 is 11.7 Å². The number of hydrogen-bond acceptors (Lipinski definition) is 3. The summed E-state index contributed by atoms with van der Waals surface area (Å²) in [4.78, 5) is 8.99. The zero-order valence-electron chi connectivity index (χ0n) is 13.4. The lowest BCUT2D eigenvalue weighted by atomic mass is 10.1. The van der Waals surface area contributed by atoms with E-state index >= 15 is 0 Å². The number of likely N-dealkylation sites (tertiary alicyclic amines) is 1. The topological polar surface area (TPSA) is 19.4 Å². The summed E-state index contributed by atoms with van der Waals surface area (Å²) in [5.74, 6) is 0. The van der Waals surface area contributed by atoms with Crippen molar-refractivity contribution in [3.63, 3.8) is 0 Å². The molecule has 0 bridgehead atoms. The molecule has 0 saturated carbocycles. The Bertz CT molecular complexity index is 738. The normalized spacial score (nSPS) is 22.6. The number of pyridine rings is 1. The second-order valence-electron chi connectivity index (χ2n) is 6.69. The predicted octanol–water partition coefficient (Wildman–Crippen LogP) is 3.93. The fourth-order valence-electron chi connectivity index (χ4n) is 3.95. The fraction of sp³-hybridized carbons (Fsp3) is 0.500. The highest BCUT2D eigenvalue weighted by molar-refractivity contribution is 5.92. The third-order valence-electron chi connectivity index (χ3n) is 5.21. The number of benzene rings is 1. The van der Waals surface area contributed by atoms with Crippen molar-refractivity contribution < 1.29 is 13.2 Å². The van der Waals surface area contributed by atoms with Crippen molar-refractivity contribution in [3.05, 3.63) is 36.0 Å². The highest BCUT2D eigenvalue weighted by Crippen LogP contribution is 2.35. The number of hydrogen-bond donors (Lipinski definition) is 0. The predicted molar refractivity (Wildman–Crippen MR) is 88.2 cm³/mol. The van der Waals surface area contributed by atoms with Gasteiger partial charge in [-0.15, -0.1) is 0 Å². The second-order valence-corrected chi connectivity index (χ2v) is 6.69. The van der Waals surface area contributed by atoms with Gasteiger partial charge in [0.25, 0.3) is 0 Å². The van der Waals surface area contributed by atoms with Gasteiger partial charge < -0.3 is 4.90 Å². The molecule has 1 atom stereocenters. The molecule has 6 heteroatoms. The van der Waals surface area contributed by atoms with E-state index in [1.807, 2.05) is 6.07 Å². The van der Waals surface area contributed by atoms with Crippen LogP contribution in [0.2, 0.25) is 0 Å². The first kappa shape index (κ1) is 15.7. The Kier molecular flexibility index (Phi) is 3.87. The maximum Gasteiger partial charge on any atom is 0.416 e. The van der Waals surface area contributed by atoms with Gasteiger partial charge >= 0.3 is 6.18 Å². The van der Waals surface area contributed by atoms with Crippen LogP contribution in [0.25, 0.3) is 10.9 Å². The molecule has 1 unspecified atom stereocenters. The minimum Gasteiger partial charge on any atom is -0.369 e. The van der Waals surface area contributed by atoms with Crippen LogP contribution in [0.4, 0.5) is 18.9 Å². The van der Waals surface area contributed by atoms with Crippen molar-refractivity contribution in [3.8, 4) is 0 Å². The Labute approximate surface area is 139 Å². The Morgan fingerprint density at radius 2 is 1.83 bits per heavy atom. The first-order chi connectivity index (χ1) is 11.5. The first-order valence-corrected chi connectivity index (χ1v) is 8.47. The van der Waals surface area contributed by atoms with E-state index in [1.54, 1.807) is 12.3 Å². The Balaban J connectivity index is 1.62. The summed E-state index contributed by atoms with van der Waals surface area (Å²) in [7, 11) is 0. The van der Waals surface area contributed by atoms with Gasteiger partial charge in [-0.1, -0.05) is 6.07 Å². The van der Waals surface area contributed by atoms with Gasteiger partial charge in [0.1, 0.15) is 0 Å². The fourth-order valence-corrected chi connectivity index (χ4v) is 3.95. The van der Waals surface area contributed by atoms with Gasteiger partial charge in [0.05, 0.1) is 11.1 Å². The molecule has 0 aliphatic carbocycles. The molecule has 3 nitrogen and oxygen atoms in total. The molecular formula is C18H20F3N3. The van der Waals surface area contributed by atoms with Crippen molar-refractivity contribution in [1.82, 2.24) is 9.88 Å². The van der Waals surface area contributed by atoms with Crippen molar-refractivity contribution in [1.29, 1.82) is 0 Å². The molecule has 1 aromatic heterocycles. The molecule has 0 radical (unpaired) electrons. The van der Waals surface area contributed by atoms with Crippen LogP contribution < -0.4 is 4.90 Å². The largest absolute Gasteiger partial charge is 0.416 e. The van der Waals surface area contributed by atoms with Crippen LogP contribution in [-0.2, 0) is 6.18 Å². The molecule has 2 aromatic rings. The van der Waals surface area contributed by atoms with Crippen molar-refractivity contribution in [2.75, 3.05) is 31.1 Å². The van der Waals surface area contributed by atoms with Crippen molar-refractivity contribution in [2.45, 2.75) is 31.5 Å². The quantitative estimate of drug-likeness (QED) is 0.829. The lowest BCUT2D eigenvalue weighted by Gasteiger charge is -2.25. The Morgan fingerprint density at radius 1 is 1.04 bits per heavy atom. The SMILES string of the molecule is FC(F)(F)c1ccc2c(N3CCC(N4CCCC4)C3)ccnc2c1. The highest BCUT2D eigenvalue weighted by Gasteiger charge is 2.32. The third-order valence-corrected chi connectivity index (χ3v) is 5.21. The smallest absolute Gasteiger partial charge is 0.369 e. The van der Waals surface area contributed by atoms with Gasteiger partial charge in [-0.25, -0.2) is 0 Å². The third kappa shape index (κ3) is 2.83. The van der Waals surface area contributed by atoms with Crippen LogP contribution in [0.5, 0.6) is 0 Å². The molecule has 0 N–H and O–H groups in total. The summed E-state index contributed by atoms with van der Waals surface area (Å²) in [6, 6.07) is 6.34. The van der Waals surface area contributed by atoms with Crippen molar-refractivity contribution in [2.24, 2.45) is 0 Å². The molecule has 2 aliphatic heterocycles. The first-order valence-electron chi connectivity index (χ1n) is 8.47. The summed E-state index contributed by atoms with van der Waals surface area (Å²) in [6.07, 6.45) is 0.940. The van der Waals surface area contributed by atoms with Crippen LogP contribution in [0.3, 0.4) is 0 Å². The van der Waals surface area contributed by atoms with Crippen LogP contribution in [0.1, 0.15) is 24.8 Å². The molecule has 2 aliphatic rings. The molecule has 2 saturated heterocycles. The zero-order chi connectivity index (χ0) is 16.7. The number of rotatable bonds is 2. The van der Waals surface area contributed by atoms with Gasteiger partial charge in [0, 0.05) is 36.4 Å². The van der Waals surface area contributed by atoms with E-state index in [0.717, 1.165) is 42.7 Å². The van der Waals surface area contributed by atoms with Crippen molar-refractivity contribution >= 4 is 16.6 Å². The molecule has 0 spiro atoms. The van der Waals surface area contributed by atoms with E-state index in [2.05, 4.69) is 14.8 Å². The number of anilines is 1. The van der Waals surface area contributed by atoms with Crippen LogP contribution in [0, 0.1) is 0 Å². The molecule has 3 heterocycles. The lowest BCUT2D eigenvalue weighted by Crippen LogP contribution is -2.35.